The molecule has 7 heteroatoms. The molecule has 2 heterocycles. The van der Waals surface area contributed by atoms with Gasteiger partial charge in [0.15, 0.2) is 0 Å². The molecule has 160 valence electrons. The highest BCUT2D eigenvalue weighted by molar-refractivity contribution is 6.05. The molecule has 0 aliphatic carbocycles. The van der Waals surface area contributed by atoms with Gasteiger partial charge in [-0.25, -0.2) is 14.0 Å². The lowest BCUT2D eigenvalue weighted by Gasteiger charge is -2.36. The Labute approximate surface area is 179 Å². The van der Waals surface area contributed by atoms with Gasteiger partial charge in [-0.05, 0) is 36.3 Å². The van der Waals surface area contributed by atoms with Crippen LogP contribution < -0.4 is 5.32 Å². The molecule has 2 aromatic rings. The van der Waals surface area contributed by atoms with Crippen molar-refractivity contribution < 1.29 is 28.2 Å². The lowest BCUT2D eigenvalue weighted by molar-refractivity contribution is -0.139. The van der Waals surface area contributed by atoms with Crippen LogP contribution in [0.4, 0.5) is 10.1 Å². The fraction of sp³-hybridized carbons (Fsp3) is 0.250. The number of anilines is 1. The number of benzene rings is 2. The second-order valence-electron chi connectivity index (χ2n) is 7.36. The van der Waals surface area contributed by atoms with Crippen molar-refractivity contribution >= 4 is 17.6 Å². The Kier molecular flexibility index (Phi) is 5.61. The minimum absolute atomic E-state index is 0.0965. The maximum Gasteiger partial charge on any atom is 0.337 e. The molecular formula is C24H22FNO5. The summed E-state index contributed by atoms with van der Waals surface area (Å²) in [5, 5.41) is 3.30. The first-order valence-electron chi connectivity index (χ1n) is 9.83. The van der Waals surface area contributed by atoms with E-state index in [0.29, 0.717) is 12.1 Å². The summed E-state index contributed by atoms with van der Waals surface area (Å²) in [6.07, 6.45) is 3.19. The van der Waals surface area contributed by atoms with E-state index in [-0.39, 0.29) is 11.1 Å². The first-order chi connectivity index (χ1) is 15.0. The van der Waals surface area contributed by atoms with E-state index < -0.39 is 35.5 Å². The second-order valence-corrected chi connectivity index (χ2v) is 7.36. The Balaban J connectivity index is 1.82. The molecular weight excluding hydrogens is 401 g/mol. The average Bonchev–Trinajstić information content (AvgIpc) is 3.36. The minimum Gasteiger partial charge on any atom is -0.466 e. The number of carbonyl (C=O) groups excluding carboxylic acids is 2. The van der Waals surface area contributed by atoms with Crippen LogP contribution in [-0.2, 0) is 30.2 Å². The topological polar surface area (TPSA) is 73.9 Å². The van der Waals surface area contributed by atoms with Crippen LogP contribution in [0.1, 0.15) is 5.56 Å². The maximum absolute atomic E-state index is 13.9. The number of hydrogen-bond acceptors (Lipinski definition) is 6. The van der Waals surface area contributed by atoms with Crippen molar-refractivity contribution in [1.82, 2.24) is 0 Å². The van der Waals surface area contributed by atoms with Gasteiger partial charge in [0.05, 0.1) is 31.4 Å². The molecule has 0 amide bonds. The van der Waals surface area contributed by atoms with Gasteiger partial charge in [0, 0.05) is 5.69 Å². The van der Waals surface area contributed by atoms with Crippen molar-refractivity contribution in [1.29, 1.82) is 0 Å². The van der Waals surface area contributed by atoms with Crippen LogP contribution in [-0.4, -0.2) is 43.9 Å². The SMILES string of the molecule is COC(=O)C1=C(C(=O)OC)C2(C(Cc3ccccc3)Nc3cccc(F)c3)C=CC1O2. The summed E-state index contributed by atoms with van der Waals surface area (Å²) in [6.45, 7) is 0. The number of methoxy groups -OCH3 is 2. The molecule has 0 aromatic heterocycles. The van der Waals surface area contributed by atoms with Crippen LogP contribution in [0.5, 0.6) is 0 Å². The predicted molar refractivity (Wildman–Crippen MR) is 112 cm³/mol. The lowest BCUT2D eigenvalue weighted by Crippen LogP contribution is -2.49. The molecule has 3 atom stereocenters. The molecule has 0 radical (unpaired) electrons. The second kappa shape index (κ2) is 8.35. The van der Waals surface area contributed by atoms with Crippen LogP contribution in [0.15, 0.2) is 77.9 Å². The summed E-state index contributed by atoms with van der Waals surface area (Å²) < 4.78 is 30.0. The third-order valence-corrected chi connectivity index (χ3v) is 5.55. The predicted octanol–water partition coefficient (Wildman–Crippen LogP) is 3.20. The number of carbonyl (C=O) groups is 2. The normalized spacial score (nSPS) is 22.4. The van der Waals surface area contributed by atoms with Crippen molar-refractivity contribution in [3.63, 3.8) is 0 Å². The molecule has 1 N–H and O–H groups in total. The van der Waals surface area contributed by atoms with E-state index >= 15 is 0 Å². The Morgan fingerprint density at radius 2 is 1.84 bits per heavy atom. The largest absolute Gasteiger partial charge is 0.466 e. The third kappa shape index (κ3) is 3.72. The molecule has 2 aliphatic heterocycles. The van der Waals surface area contributed by atoms with E-state index in [1.165, 1.54) is 26.4 Å². The minimum atomic E-state index is -1.29. The highest BCUT2D eigenvalue weighted by Gasteiger charge is 2.58. The maximum atomic E-state index is 13.9. The number of fused-ring (bicyclic) bond motifs is 2. The zero-order chi connectivity index (χ0) is 22.0. The van der Waals surface area contributed by atoms with Gasteiger partial charge in [-0.15, -0.1) is 0 Å². The molecule has 3 unspecified atom stereocenters. The van der Waals surface area contributed by atoms with Crippen molar-refractivity contribution in [2.75, 3.05) is 19.5 Å². The molecule has 0 saturated carbocycles. The summed E-state index contributed by atoms with van der Waals surface area (Å²) in [6, 6.07) is 15.1. The molecule has 2 bridgehead atoms. The molecule has 4 rings (SSSR count). The van der Waals surface area contributed by atoms with Crippen molar-refractivity contribution in [2.24, 2.45) is 0 Å². The highest BCUT2D eigenvalue weighted by atomic mass is 19.1. The van der Waals surface area contributed by atoms with Crippen molar-refractivity contribution in [3.8, 4) is 0 Å². The van der Waals surface area contributed by atoms with E-state index in [1.807, 2.05) is 30.3 Å². The van der Waals surface area contributed by atoms with Crippen LogP contribution >= 0.6 is 0 Å². The van der Waals surface area contributed by atoms with Gasteiger partial charge < -0.3 is 19.5 Å². The molecule has 31 heavy (non-hydrogen) atoms. The third-order valence-electron chi connectivity index (χ3n) is 5.55. The number of esters is 2. The van der Waals surface area contributed by atoms with E-state index in [4.69, 9.17) is 14.2 Å². The quantitative estimate of drug-likeness (QED) is 0.545. The first kappa shape index (κ1) is 20.8. The Morgan fingerprint density at radius 1 is 1.10 bits per heavy atom. The van der Waals surface area contributed by atoms with Crippen LogP contribution in [0, 0.1) is 5.82 Å². The summed E-state index contributed by atoms with van der Waals surface area (Å²) in [5.41, 5.74) is 0.423. The Morgan fingerprint density at radius 3 is 2.52 bits per heavy atom. The summed E-state index contributed by atoms with van der Waals surface area (Å²) in [5.74, 6) is -1.72. The van der Waals surface area contributed by atoms with Gasteiger partial charge in [0.25, 0.3) is 0 Å². The fourth-order valence-electron chi connectivity index (χ4n) is 4.18. The van der Waals surface area contributed by atoms with Gasteiger partial charge in [-0.1, -0.05) is 42.5 Å². The molecule has 2 aliphatic rings. The summed E-state index contributed by atoms with van der Waals surface area (Å²) in [4.78, 5) is 25.3. The summed E-state index contributed by atoms with van der Waals surface area (Å²) >= 11 is 0. The smallest absolute Gasteiger partial charge is 0.337 e. The van der Waals surface area contributed by atoms with Gasteiger partial charge >= 0.3 is 11.9 Å². The number of ether oxygens (including phenoxy) is 3. The molecule has 0 saturated heterocycles. The number of hydrogen-bond donors (Lipinski definition) is 1. The van der Waals surface area contributed by atoms with E-state index in [1.54, 1.807) is 24.3 Å². The fourth-order valence-corrected chi connectivity index (χ4v) is 4.18. The monoisotopic (exact) mass is 423 g/mol. The first-order valence-corrected chi connectivity index (χ1v) is 9.83. The lowest BCUT2D eigenvalue weighted by atomic mass is 9.79. The number of halogens is 1. The van der Waals surface area contributed by atoms with Crippen LogP contribution in [0.3, 0.4) is 0 Å². The zero-order valence-corrected chi connectivity index (χ0v) is 17.1. The molecule has 2 aromatic carbocycles. The van der Waals surface area contributed by atoms with Crippen LogP contribution in [0.2, 0.25) is 0 Å². The molecule has 0 fully saturated rings. The van der Waals surface area contributed by atoms with Gasteiger partial charge in [-0.2, -0.15) is 0 Å². The Bertz CT molecular complexity index is 1060. The van der Waals surface area contributed by atoms with Gasteiger partial charge in [-0.3, -0.25) is 0 Å². The zero-order valence-electron chi connectivity index (χ0n) is 17.1. The van der Waals surface area contributed by atoms with Crippen molar-refractivity contribution in [2.45, 2.75) is 24.2 Å². The van der Waals surface area contributed by atoms with E-state index in [9.17, 15) is 14.0 Å². The molecule has 0 spiro atoms. The standard InChI is InChI=1S/C24H22FNO5/c1-29-22(27)20-18-11-12-24(31-18,21(20)23(28)30-2)19(13-15-7-4-3-5-8-15)26-17-10-6-9-16(25)14-17/h3-12,14,18-19,26H,13H2,1-2H3. The number of rotatable bonds is 7. The van der Waals surface area contributed by atoms with Crippen molar-refractivity contribution in [3.05, 3.63) is 89.3 Å². The van der Waals surface area contributed by atoms with E-state index in [2.05, 4.69) is 5.32 Å². The van der Waals surface area contributed by atoms with E-state index in [0.717, 1.165) is 5.56 Å². The number of nitrogens with one attached hydrogen (secondary N) is 1. The van der Waals surface area contributed by atoms with Gasteiger partial charge in [0.2, 0.25) is 0 Å². The van der Waals surface area contributed by atoms with Crippen LogP contribution in [0.25, 0.3) is 0 Å². The summed E-state index contributed by atoms with van der Waals surface area (Å²) in [7, 11) is 2.50. The molecule has 6 nitrogen and oxygen atoms in total. The van der Waals surface area contributed by atoms with Gasteiger partial charge in [0.1, 0.15) is 17.5 Å². The average molecular weight is 423 g/mol. The highest BCUT2D eigenvalue weighted by Crippen LogP contribution is 2.47. The Hall–Kier alpha value is -3.45.